The number of alkyl halides is 1. The highest BCUT2D eigenvalue weighted by Gasteiger charge is 2.16. The van der Waals surface area contributed by atoms with Crippen LogP contribution in [0.25, 0.3) is 11.0 Å². The minimum atomic E-state index is -0.191. The fraction of sp³-hybridized carbons (Fsp3) is 0.304. The van der Waals surface area contributed by atoms with Crippen molar-refractivity contribution in [1.29, 1.82) is 0 Å². The molecule has 1 aromatic carbocycles. The third-order valence-corrected chi connectivity index (χ3v) is 4.80. The summed E-state index contributed by atoms with van der Waals surface area (Å²) in [6.45, 7) is 9.56. The van der Waals surface area contributed by atoms with Gasteiger partial charge in [0.2, 0.25) is 0 Å². The van der Waals surface area contributed by atoms with Crippen LogP contribution in [0.5, 0.6) is 5.75 Å². The summed E-state index contributed by atoms with van der Waals surface area (Å²) >= 11 is 6.06. The van der Waals surface area contributed by atoms with Crippen molar-refractivity contribution in [1.82, 2.24) is 9.55 Å². The Bertz CT molecular complexity index is 908. The number of aromatic nitrogens is 2. The SMILES string of the molecule is C=CC/C(CC(Oc1ccc2ncn(C)c2c1)/C(C)=C/C=C\C(Cl)C=C)=N\C. The van der Waals surface area contributed by atoms with E-state index in [2.05, 4.69) is 30.1 Å². The average Bonchev–Trinajstić information content (AvgIpc) is 3.07. The molecule has 0 aliphatic rings. The van der Waals surface area contributed by atoms with Crippen LogP contribution < -0.4 is 4.74 Å². The van der Waals surface area contributed by atoms with Gasteiger partial charge in [0, 0.05) is 38.7 Å². The lowest BCUT2D eigenvalue weighted by Crippen LogP contribution is -2.22. The molecule has 0 aliphatic carbocycles. The lowest BCUT2D eigenvalue weighted by Gasteiger charge is -2.21. The first-order chi connectivity index (χ1) is 13.5. The maximum absolute atomic E-state index is 6.36. The predicted molar refractivity (Wildman–Crippen MR) is 121 cm³/mol. The van der Waals surface area contributed by atoms with Gasteiger partial charge >= 0.3 is 0 Å². The van der Waals surface area contributed by atoms with Crippen molar-refractivity contribution in [3.05, 3.63) is 73.6 Å². The quantitative estimate of drug-likeness (QED) is 0.225. The second kappa shape index (κ2) is 10.7. The second-order valence-corrected chi connectivity index (χ2v) is 7.08. The summed E-state index contributed by atoms with van der Waals surface area (Å²) in [5.41, 5.74) is 4.10. The molecule has 4 nitrogen and oxygen atoms in total. The van der Waals surface area contributed by atoms with E-state index < -0.39 is 0 Å². The van der Waals surface area contributed by atoms with Crippen LogP contribution in [0.4, 0.5) is 0 Å². The Morgan fingerprint density at radius 1 is 1.39 bits per heavy atom. The number of ether oxygens (including phenoxy) is 1. The zero-order valence-electron chi connectivity index (χ0n) is 16.8. The number of rotatable bonds is 10. The average molecular weight is 398 g/mol. The van der Waals surface area contributed by atoms with Gasteiger partial charge < -0.3 is 9.30 Å². The molecule has 0 radical (unpaired) electrons. The van der Waals surface area contributed by atoms with Gasteiger partial charge in [-0.25, -0.2) is 4.98 Å². The Hall–Kier alpha value is -2.59. The molecule has 0 saturated heterocycles. The van der Waals surface area contributed by atoms with Gasteiger partial charge in [0.15, 0.2) is 0 Å². The van der Waals surface area contributed by atoms with Gasteiger partial charge in [-0.1, -0.05) is 30.4 Å². The Morgan fingerprint density at radius 2 is 2.18 bits per heavy atom. The number of aryl methyl sites for hydroxylation is 1. The minimum absolute atomic E-state index is 0.147. The summed E-state index contributed by atoms with van der Waals surface area (Å²) in [5, 5.41) is -0.191. The Morgan fingerprint density at radius 3 is 2.86 bits per heavy atom. The van der Waals surface area contributed by atoms with Crippen LogP contribution in [-0.2, 0) is 7.05 Å². The molecule has 0 N–H and O–H groups in total. The Kier molecular flexibility index (Phi) is 8.27. The number of aliphatic imine (C=N–C) groups is 1. The first-order valence-corrected chi connectivity index (χ1v) is 9.66. The van der Waals surface area contributed by atoms with Crippen molar-refractivity contribution in [2.75, 3.05) is 7.05 Å². The molecule has 1 heterocycles. The molecule has 0 amide bonds. The predicted octanol–water partition coefficient (Wildman–Crippen LogP) is 5.65. The Balaban J connectivity index is 2.28. The molecular formula is C23H28ClN3O. The molecule has 0 bridgehead atoms. The number of nitrogens with zero attached hydrogens (tertiary/aromatic N) is 3. The molecule has 0 fully saturated rings. The number of imidazole rings is 1. The van der Waals surface area contributed by atoms with Crippen molar-refractivity contribution in [3.8, 4) is 5.75 Å². The Labute approximate surface area is 172 Å². The molecule has 0 aliphatic heterocycles. The van der Waals surface area contributed by atoms with Crippen molar-refractivity contribution in [2.45, 2.75) is 31.2 Å². The molecule has 1 aromatic heterocycles. The number of fused-ring (bicyclic) bond motifs is 1. The van der Waals surface area contributed by atoms with Crippen LogP contribution in [-0.4, -0.2) is 33.8 Å². The second-order valence-electron chi connectivity index (χ2n) is 6.57. The van der Waals surface area contributed by atoms with Crippen LogP contribution in [0.3, 0.4) is 0 Å². The lowest BCUT2D eigenvalue weighted by atomic mass is 10.0. The van der Waals surface area contributed by atoms with E-state index in [9.17, 15) is 0 Å². The maximum Gasteiger partial charge on any atom is 0.125 e. The van der Waals surface area contributed by atoms with E-state index >= 15 is 0 Å². The normalized spacial score (nSPS) is 15.0. The molecule has 2 unspecified atom stereocenters. The molecule has 2 rings (SSSR count). The molecule has 148 valence electrons. The molecule has 0 spiro atoms. The third kappa shape index (κ3) is 5.96. The van der Waals surface area contributed by atoms with Crippen molar-refractivity contribution in [2.24, 2.45) is 12.0 Å². The van der Waals surface area contributed by atoms with E-state index in [1.165, 1.54) is 0 Å². The van der Waals surface area contributed by atoms with E-state index in [1.807, 2.05) is 54.1 Å². The summed E-state index contributed by atoms with van der Waals surface area (Å²) in [4.78, 5) is 8.75. The van der Waals surface area contributed by atoms with E-state index in [1.54, 1.807) is 19.5 Å². The summed E-state index contributed by atoms with van der Waals surface area (Å²) in [6.07, 6.45) is 12.5. The molecule has 5 heteroatoms. The molecule has 2 aromatic rings. The zero-order valence-corrected chi connectivity index (χ0v) is 17.6. The fourth-order valence-electron chi connectivity index (χ4n) is 2.78. The van der Waals surface area contributed by atoms with Crippen molar-refractivity contribution >= 4 is 28.3 Å². The largest absolute Gasteiger partial charge is 0.486 e. The third-order valence-electron chi connectivity index (χ3n) is 4.48. The molecule has 0 saturated carbocycles. The number of benzene rings is 1. The van der Waals surface area contributed by atoms with Gasteiger partial charge in [0.1, 0.15) is 11.9 Å². The van der Waals surface area contributed by atoms with Crippen molar-refractivity contribution < 1.29 is 4.74 Å². The van der Waals surface area contributed by atoms with Crippen LogP contribution >= 0.6 is 11.6 Å². The summed E-state index contributed by atoms with van der Waals surface area (Å²) in [5.74, 6) is 0.799. The van der Waals surface area contributed by atoms with Gasteiger partial charge in [0.05, 0.1) is 22.7 Å². The van der Waals surface area contributed by atoms with E-state index in [-0.39, 0.29) is 11.5 Å². The summed E-state index contributed by atoms with van der Waals surface area (Å²) < 4.78 is 8.34. The minimum Gasteiger partial charge on any atom is -0.486 e. The summed E-state index contributed by atoms with van der Waals surface area (Å²) in [6, 6.07) is 5.94. The van der Waals surface area contributed by atoms with Gasteiger partial charge in [-0.15, -0.1) is 24.8 Å². The molecule has 2 atom stereocenters. The van der Waals surface area contributed by atoms with Gasteiger partial charge in [-0.3, -0.25) is 4.99 Å². The van der Waals surface area contributed by atoms with Gasteiger partial charge in [-0.05, 0) is 24.6 Å². The van der Waals surface area contributed by atoms with E-state index in [0.29, 0.717) is 6.42 Å². The number of allylic oxidation sites excluding steroid dienone is 5. The fourth-order valence-corrected chi connectivity index (χ4v) is 2.87. The maximum atomic E-state index is 6.36. The highest BCUT2D eigenvalue weighted by molar-refractivity contribution is 6.22. The number of halogens is 1. The van der Waals surface area contributed by atoms with Gasteiger partial charge in [0.25, 0.3) is 0 Å². The smallest absolute Gasteiger partial charge is 0.125 e. The highest BCUT2D eigenvalue weighted by Crippen LogP contribution is 2.23. The van der Waals surface area contributed by atoms with E-state index in [4.69, 9.17) is 16.3 Å². The van der Waals surface area contributed by atoms with Crippen LogP contribution in [0.15, 0.2) is 78.6 Å². The topological polar surface area (TPSA) is 39.4 Å². The first kappa shape index (κ1) is 21.7. The zero-order chi connectivity index (χ0) is 20.5. The van der Waals surface area contributed by atoms with Crippen LogP contribution in [0.2, 0.25) is 0 Å². The number of hydrogen-bond donors (Lipinski definition) is 0. The number of hydrogen-bond acceptors (Lipinski definition) is 3. The molecule has 28 heavy (non-hydrogen) atoms. The molecular weight excluding hydrogens is 370 g/mol. The van der Waals surface area contributed by atoms with Gasteiger partial charge in [-0.2, -0.15) is 0 Å². The first-order valence-electron chi connectivity index (χ1n) is 9.23. The summed E-state index contributed by atoms with van der Waals surface area (Å²) in [7, 11) is 3.78. The standard InChI is InChI=1S/C23H28ClN3O/c1-6-9-19(25-4)14-23(17(3)10-8-11-18(24)7-2)28-20-12-13-21-22(15-20)27(5)16-26-21/h6-8,10-13,15-16,18,23H,1-2,9,14H2,3-5H3/b11-8-,17-10+,25-19+. The van der Waals surface area contributed by atoms with Crippen molar-refractivity contribution in [3.63, 3.8) is 0 Å². The van der Waals surface area contributed by atoms with Crippen LogP contribution in [0, 0.1) is 0 Å². The highest BCUT2D eigenvalue weighted by atomic mass is 35.5. The van der Waals surface area contributed by atoms with E-state index in [0.717, 1.165) is 34.5 Å². The lowest BCUT2D eigenvalue weighted by molar-refractivity contribution is 0.245. The van der Waals surface area contributed by atoms with Crippen LogP contribution in [0.1, 0.15) is 19.8 Å². The monoisotopic (exact) mass is 397 g/mol.